The molecule has 4 rings (SSSR count). The third-order valence-corrected chi connectivity index (χ3v) is 6.24. The maximum atomic E-state index is 13.4. The van der Waals surface area contributed by atoms with Crippen molar-refractivity contribution in [2.75, 3.05) is 26.6 Å². The van der Waals surface area contributed by atoms with Crippen molar-refractivity contribution < 1.29 is 23.4 Å². The Morgan fingerprint density at radius 2 is 2.00 bits per heavy atom. The fourth-order valence-electron chi connectivity index (χ4n) is 3.60. The maximum absolute atomic E-state index is 13.4. The van der Waals surface area contributed by atoms with Crippen molar-refractivity contribution >= 4 is 17.5 Å². The van der Waals surface area contributed by atoms with Crippen LogP contribution in [0.4, 0.5) is 4.39 Å². The van der Waals surface area contributed by atoms with E-state index in [1.807, 2.05) is 4.57 Å². The second kappa shape index (κ2) is 10.1. The van der Waals surface area contributed by atoms with E-state index in [0.717, 1.165) is 25.0 Å². The predicted molar refractivity (Wildman–Crippen MR) is 119 cm³/mol. The number of methoxy groups -OCH3 is 2. The maximum Gasteiger partial charge on any atom is 0.192 e. The van der Waals surface area contributed by atoms with Crippen LogP contribution in [0, 0.1) is 5.82 Å². The molecule has 168 valence electrons. The van der Waals surface area contributed by atoms with Gasteiger partial charge in [-0.1, -0.05) is 11.8 Å². The molecule has 1 saturated heterocycles. The molecule has 0 spiro atoms. The van der Waals surface area contributed by atoms with Crippen LogP contribution in [0.25, 0.3) is 11.4 Å². The molecule has 9 heteroatoms. The van der Waals surface area contributed by atoms with E-state index in [-0.39, 0.29) is 23.5 Å². The van der Waals surface area contributed by atoms with Gasteiger partial charge in [-0.05, 0) is 55.3 Å². The number of halogens is 1. The molecule has 0 N–H and O–H groups in total. The zero-order chi connectivity index (χ0) is 22.5. The van der Waals surface area contributed by atoms with E-state index in [1.54, 1.807) is 37.4 Å². The Morgan fingerprint density at radius 3 is 2.69 bits per heavy atom. The van der Waals surface area contributed by atoms with E-state index in [9.17, 15) is 9.18 Å². The monoisotopic (exact) mass is 457 g/mol. The van der Waals surface area contributed by atoms with E-state index in [2.05, 4.69) is 10.2 Å². The third-order valence-electron chi connectivity index (χ3n) is 5.27. The summed E-state index contributed by atoms with van der Waals surface area (Å²) in [6.07, 6.45) is 2.01. The highest BCUT2D eigenvalue weighted by molar-refractivity contribution is 7.99. The Kier molecular flexibility index (Phi) is 7.06. The van der Waals surface area contributed by atoms with Crippen LogP contribution in [0.1, 0.15) is 23.2 Å². The van der Waals surface area contributed by atoms with E-state index in [1.165, 1.54) is 31.0 Å². The number of thioether (sulfide) groups is 1. The molecular formula is C23H24FN3O4S. The molecule has 0 radical (unpaired) electrons. The summed E-state index contributed by atoms with van der Waals surface area (Å²) in [5.74, 6) is 1.42. The van der Waals surface area contributed by atoms with Crippen molar-refractivity contribution in [2.45, 2.75) is 30.6 Å². The van der Waals surface area contributed by atoms with Gasteiger partial charge in [0.05, 0.1) is 38.2 Å². The van der Waals surface area contributed by atoms with Crippen LogP contribution in [0.15, 0.2) is 47.6 Å². The number of carbonyl (C=O) groups excluding carboxylic acids is 1. The largest absolute Gasteiger partial charge is 0.497 e. The third kappa shape index (κ3) is 4.94. The molecule has 1 aliphatic rings. The van der Waals surface area contributed by atoms with Crippen molar-refractivity contribution in [1.82, 2.24) is 14.8 Å². The summed E-state index contributed by atoms with van der Waals surface area (Å²) in [6, 6.07) is 11.3. The number of Topliss-reactive ketones (excluding diaryl/α,β-unsaturated/α-hetero) is 1. The smallest absolute Gasteiger partial charge is 0.192 e. The minimum Gasteiger partial charge on any atom is -0.497 e. The molecule has 32 heavy (non-hydrogen) atoms. The first kappa shape index (κ1) is 22.3. The van der Waals surface area contributed by atoms with E-state index in [0.29, 0.717) is 34.6 Å². The molecule has 1 atom stereocenters. The molecule has 7 nitrogen and oxygen atoms in total. The first-order chi connectivity index (χ1) is 15.6. The molecule has 0 saturated carbocycles. The van der Waals surface area contributed by atoms with Gasteiger partial charge in [-0.25, -0.2) is 4.39 Å². The average Bonchev–Trinajstić information content (AvgIpc) is 3.48. The summed E-state index contributed by atoms with van der Waals surface area (Å²) in [5, 5.41) is 9.25. The minimum atomic E-state index is -0.314. The van der Waals surface area contributed by atoms with Crippen LogP contribution in [-0.4, -0.2) is 53.2 Å². The van der Waals surface area contributed by atoms with Crippen LogP contribution in [0.2, 0.25) is 0 Å². The average molecular weight is 458 g/mol. The molecule has 1 aromatic heterocycles. The summed E-state index contributed by atoms with van der Waals surface area (Å²) >= 11 is 1.30. The topological polar surface area (TPSA) is 75.5 Å². The van der Waals surface area contributed by atoms with Gasteiger partial charge in [0.2, 0.25) is 0 Å². The quantitative estimate of drug-likeness (QED) is 0.351. The van der Waals surface area contributed by atoms with Gasteiger partial charge in [0.15, 0.2) is 16.8 Å². The van der Waals surface area contributed by atoms with E-state index < -0.39 is 0 Å². The first-order valence-electron chi connectivity index (χ1n) is 10.3. The van der Waals surface area contributed by atoms with Gasteiger partial charge >= 0.3 is 0 Å². The number of aromatic nitrogens is 3. The number of ketones is 1. The van der Waals surface area contributed by atoms with Crippen molar-refractivity contribution in [3.05, 3.63) is 53.8 Å². The molecular weight excluding hydrogens is 433 g/mol. The number of nitrogens with zero attached hydrogens (tertiary/aromatic N) is 3. The Balaban J connectivity index is 1.58. The van der Waals surface area contributed by atoms with Crippen molar-refractivity contribution in [3.63, 3.8) is 0 Å². The van der Waals surface area contributed by atoms with Gasteiger partial charge < -0.3 is 14.2 Å². The van der Waals surface area contributed by atoms with Gasteiger partial charge in [0.25, 0.3) is 0 Å². The fourth-order valence-corrected chi connectivity index (χ4v) is 4.44. The Bertz CT molecular complexity index is 1080. The van der Waals surface area contributed by atoms with Crippen LogP contribution in [0.5, 0.6) is 11.5 Å². The lowest BCUT2D eigenvalue weighted by Gasteiger charge is -2.15. The lowest BCUT2D eigenvalue weighted by molar-refractivity contribution is 0.0953. The summed E-state index contributed by atoms with van der Waals surface area (Å²) in [5.41, 5.74) is 1.20. The standard InChI is InChI=1S/C23H24FN3O4S/c1-29-17-9-10-21(30-2)19(12-17)20(28)14-32-23-26-25-22(15-5-7-16(24)8-6-15)27(23)13-18-4-3-11-31-18/h5-10,12,18H,3-4,11,13-14H2,1-2H3. The molecule has 2 aromatic carbocycles. The van der Waals surface area contributed by atoms with Gasteiger partial charge in [-0.3, -0.25) is 9.36 Å². The predicted octanol–water partition coefficient (Wildman–Crippen LogP) is 4.26. The van der Waals surface area contributed by atoms with Gasteiger partial charge in [0, 0.05) is 12.2 Å². The zero-order valence-corrected chi connectivity index (χ0v) is 18.7. The zero-order valence-electron chi connectivity index (χ0n) is 17.9. The fraction of sp³-hybridized carbons (Fsp3) is 0.348. The van der Waals surface area contributed by atoms with Gasteiger partial charge in [-0.15, -0.1) is 10.2 Å². The molecule has 0 aliphatic carbocycles. The van der Waals surface area contributed by atoms with Crippen LogP contribution < -0.4 is 9.47 Å². The number of carbonyl (C=O) groups is 1. The highest BCUT2D eigenvalue weighted by atomic mass is 32.2. The molecule has 0 bridgehead atoms. The van der Waals surface area contributed by atoms with E-state index in [4.69, 9.17) is 14.2 Å². The molecule has 1 unspecified atom stereocenters. The lowest BCUT2D eigenvalue weighted by Crippen LogP contribution is -2.17. The summed E-state index contributed by atoms with van der Waals surface area (Å²) in [6.45, 7) is 1.30. The number of hydrogen-bond donors (Lipinski definition) is 0. The summed E-state index contributed by atoms with van der Waals surface area (Å²) in [4.78, 5) is 13.0. The number of benzene rings is 2. The van der Waals surface area contributed by atoms with Gasteiger partial charge in [-0.2, -0.15) is 0 Å². The second-order valence-electron chi connectivity index (χ2n) is 7.34. The molecule has 2 heterocycles. The highest BCUT2D eigenvalue weighted by Gasteiger charge is 2.23. The Labute approximate surface area is 189 Å². The van der Waals surface area contributed by atoms with Crippen LogP contribution >= 0.6 is 11.8 Å². The second-order valence-corrected chi connectivity index (χ2v) is 8.28. The number of hydrogen-bond acceptors (Lipinski definition) is 7. The van der Waals surface area contributed by atoms with Crippen LogP contribution in [0.3, 0.4) is 0 Å². The SMILES string of the molecule is COc1ccc(OC)c(C(=O)CSc2nnc(-c3ccc(F)cc3)n2CC2CCCO2)c1. The van der Waals surface area contributed by atoms with Gasteiger partial charge in [0.1, 0.15) is 17.3 Å². The summed E-state index contributed by atoms with van der Waals surface area (Å²) < 4.78 is 31.7. The van der Waals surface area contributed by atoms with Crippen LogP contribution in [-0.2, 0) is 11.3 Å². The molecule has 1 fully saturated rings. The van der Waals surface area contributed by atoms with Crippen molar-refractivity contribution in [2.24, 2.45) is 0 Å². The number of ether oxygens (including phenoxy) is 3. The summed E-state index contributed by atoms with van der Waals surface area (Å²) in [7, 11) is 3.08. The minimum absolute atomic E-state index is 0.0544. The Hall–Kier alpha value is -2.91. The Morgan fingerprint density at radius 1 is 1.19 bits per heavy atom. The molecule has 1 aliphatic heterocycles. The van der Waals surface area contributed by atoms with Crippen molar-refractivity contribution in [3.8, 4) is 22.9 Å². The van der Waals surface area contributed by atoms with Crippen molar-refractivity contribution in [1.29, 1.82) is 0 Å². The normalized spacial score (nSPS) is 15.7. The lowest BCUT2D eigenvalue weighted by atomic mass is 10.1. The highest BCUT2D eigenvalue weighted by Crippen LogP contribution is 2.29. The molecule has 0 amide bonds. The van der Waals surface area contributed by atoms with E-state index >= 15 is 0 Å². The molecule has 3 aromatic rings. The number of rotatable bonds is 9. The first-order valence-corrected chi connectivity index (χ1v) is 11.3.